The average molecular weight is 898 g/mol. The average Bonchev–Trinajstić information content (AvgIpc) is 3.31. The third-order valence-corrected chi connectivity index (χ3v) is 14.3. The van der Waals surface area contributed by atoms with Crippen LogP contribution < -0.4 is 0 Å². The molecule has 0 heterocycles. The summed E-state index contributed by atoms with van der Waals surface area (Å²) < 4.78 is 5.67. The molecule has 0 radical (unpaired) electrons. The molecule has 0 atom stereocenters. The zero-order valence-corrected chi connectivity index (χ0v) is 37.4. The first-order chi connectivity index (χ1) is 29.8. The predicted molar refractivity (Wildman–Crippen MR) is 266 cm³/mol. The van der Waals surface area contributed by atoms with E-state index in [-0.39, 0.29) is 18.2 Å². The van der Waals surface area contributed by atoms with E-state index >= 15 is 0 Å². The van der Waals surface area contributed by atoms with Crippen molar-refractivity contribution in [2.45, 2.75) is 31.8 Å². The molecule has 0 bridgehead atoms. The van der Waals surface area contributed by atoms with Gasteiger partial charge in [-0.25, -0.2) is 4.79 Å². The van der Waals surface area contributed by atoms with Crippen LogP contribution in [0.1, 0.15) is 0 Å². The third kappa shape index (κ3) is 13.5. The smallest absolute Gasteiger partial charge is 0.330 e. The molecule has 8 rings (SSSR count). The quantitative estimate of drug-likeness (QED) is 0.0473. The summed E-state index contributed by atoms with van der Waals surface area (Å²) in [4.78, 5) is 26.2. The van der Waals surface area contributed by atoms with Crippen LogP contribution in [0.25, 0.3) is 43.1 Å². The maximum atomic E-state index is 11.9. The van der Waals surface area contributed by atoms with E-state index in [0.29, 0.717) is 23.0 Å². The number of aliphatic hydroxyl groups excluding tert-OH is 1. The van der Waals surface area contributed by atoms with Gasteiger partial charge in [-0.3, -0.25) is 4.79 Å². The highest BCUT2D eigenvalue weighted by molar-refractivity contribution is 8.01. The second-order valence-electron chi connectivity index (χ2n) is 13.6. The van der Waals surface area contributed by atoms with E-state index in [4.69, 9.17) is 16.3 Å². The Morgan fingerprint density at radius 3 is 1.05 bits per heavy atom. The number of benzene rings is 8. The summed E-state index contributed by atoms with van der Waals surface area (Å²) in [5, 5.41) is 19.9. The summed E-state index contributed by atoms with van der Waals surface area (Å²) in [6.07, 6.45) is 1.71. The predicted octanol–water partition coefficient (Wildman–Crippen LogP) is 14.2. The molecule has 0 spiro atoms. The highest BCUT2D eigenvalue weighted by Gasteiger charge is 2.16. The molecule has 0 amide bonds. The molecule has 0 fully saturated rings. The molecule has 4 nitrogen and oxygen atoms in total. The Bertz CT molecular complexity index is 2550. The molecule has 61 heavy (non-hydrogen) atoms. The van der Waals surface area contributed by atoms with Gasteiger partial charge in [-0.1, -0.05) is 159 Å². The molecular weight excluding hydrogens is 852 g/mol. The number of thioether (sulfide) groups is 4. The molecule has 0 aliphatic carbocycles. The molecule has 308 valence electrons. The SMILES string of the molecule is C=CC(=O)Cl.C=CC(=O)OC(CSc1cccc2ccccc12)CSc1cccc2ccccc12.OC(CSc1cccc2ccccc12)CSc1cccc2ccccc12. The molecular formula is C52H45ClO4S4. The van der Waals surface area contributed by atoms with E-state index < -0.39 is 5.24 Å². The minimum Gasteiger partial charge on any atom is -0.457 e. The fraction of sp³-hybridized carbons (Fsp3) is 0.115. The summed E-state index contributed by atoms with van der Waals surface area (Å²) >= 11 is 11.6. The van der Waals surface area contributed by atoms with Gasteiger partial charge in [0.05, 0.1) is 6.10 Å². The van der Waals surface area contributed by atoms with Crippen molar-refractivity contribution >= 4 is 113 Å². The van der Waals surface area contributed by atoms with Crippen LogP contribution in [0.3, 0.4) is 0 Å². The standard InChI is InChI=1S/C26H22O2S2.C23H20OS2.C3H3ClO/c1-2-26(27)28-21(17-29-24-15-7-11-19-9-3-5-13-22(19)24)18-30-25-16-8-12-20-10-4-6-14-23(20)25;24-19(15-25-22-13-5-9-17-7-1-3-11-20(17)22)16-26-23-14-6-10-18-8-2-4-12-21(18)23;1-2-3(4)5/h2-16,21H,1,17-18H2;1-14,19,24H,15-16H2;2H,1H2. The molecule has 0 aliphatic heterocycles. The van der Waals surface area contributed by atoms with Gasteiger partial charge in [0.15, 0.2) is 0 Å². The van der Waals surface area contributed by atoms with Crippen LogP contribution in [0.15, 0.2) is 215 Å². The molecule has 8 aromatic rings. The Kier molecular flexibility index (Phi) is 17.9. The molecule has 0 aromatic heterocycles. The maximum absolute atomic E-state index is 11.9. The first-order valence-electron chi connectivity index (χ1n) is 19.6. The van der Waals surface area contributed by atoms with E-state index in [9.17, 15) is 14.7 Å². The number of hydrogen-bond acceptors (Lipinski definition) is 8. The van der Waals surface area contributed by atoms with Gasteiger partial charge in [0.1, 0.15) is 6.10 Å². The Labute approximate surface area is 379 Å². The molecule has 9 heteroatoms. The molecule has 8 aromatic carbocycles. The summed E-state index contributed by atoms with van der Waals surface area (Å²) in [5.41, 5.74) is 0. The van der Waals surface area contributed by atoms with Crippen molar-refractivity contribution in [3.8, 4) is 0 Å². The summed E-state index contributed by atoms with van der Waals surface area (Å²) in [6.45, 7) is 6.62. The van der Waals surface area contributed by atoms with E-state index in [2.05, 4.69) is 171 Å². The Morgan fingerprint density at radius 2 is 0.754 bits per heavy atom. The number of allylic oxidation sites excluding steroid dienone is 1. The van der Waals surface area contributed by atoms with Gasteiger partial charge in [0, 0.05) is 48.7 Å². The summed E-state index contributed by atoms with van der Waals surface area (Å²) in [6, 6.07) is 58.8. The molecule has 0 unspecified atom stereocenters. The van der Waals surface area contributed by atoms with Crippen LogP contribution in [0.2, 0.25) is 0 Å². The van der Waals surface area contributed by atoms with Crippen LogP contribution in [0.4, 0.5) is 0 Å². The Balaban J connectivity index is 0.000000185. The van der Waals surface area contributed by atoms with Crippen LogP contribution in [0.5, 0.6) is 0 Å². The number of halogens is 1. The fourth-order valence-electron chi connectivity index (χ4n) is 6.40. The lowest BCUT2D eigenvalue weighted by molar-refractivity contribution is -0.140. The largest absolute Gasteiger partial charge is 0.457 e. The van der Waals surface area contributed by atoms with Crippen molar-refractivity contribution < 1.29 is 19.4 Å². The monoisotopic (exact) mass is 896 g/mol. The van der Waals surface area contributed by atoms with Crippen molar-refractivity contribution in [3.05, 3.63) is 195 Å². The number of fused-ring (bicyclic) bond motifs is 4. The van der Waals surface area contributed by atoms with Gasteiger partial charge in [0.2, 0.25) is 5.24 Å². The van der Waals surface area contributed by atoms with Crippen molar-refractivity contribution in [1.29, 1.82) is 0 Å². The highest BCUT2D eigenvalue weighted by atomic mass is 35.5. The number of hydrogen-bond donors (Lipinski definition) is 1. The molecule has 0 saturated heterocycles. The summed E-state index contributed by atoms with van der Waals surface area (Å²) in [7, 11) is 0. The lowest BCUT2D eigenvalue weighted by Gasteiger charge is -2.17. The Hall–Kier alpha value is -4.93. The van der Waals surface area contributed by atoms with Gasteiger partial charge < -0.3 is 9.84 Å². The molecule has 0 aliphatic rings. The number of carbonyl (C=O) groups is 2. The lowest BCUT2D eigenvalue weighted by Crippen LogP contribution is -2.22. The van der Waals surface area contributed by atoms with Gasteiger partial charge in [-0.15, -0.1) is 47.0 Å². The van der Waals surface area contributed by atoms with Crippen LogP contribution >= 0.6 is 58.6 Å². The molecule has 1 N–H and O–H groups in total. The van der Waals surface area contributed by atoms with E-state index in [1.807, 2.05) is 12.1 Å². The van der Waals surface area contributed by atoms with E-state index in [1.165, 1.54) is 68.7 Å². The van der Waals surface area contributed by atoms with Crippen molar-refractivity contribution in [2.75, 3.05) is 23.0 Å². The second kappa shape index (κ2) is 23.9. The van der Waals surface area contributed by atoms with Gasteiger partial charge in [0.25, 0.3) is 0 Å². The first-order valence-corrected chi connectivity index (χ1v) is 23.9. The zero-order valence-electron chi connectivity index (χ0n) is 33.4. The van der Waals surface area contributed by atoms with Crippen molar-refractivity contribution in [3.63, 3.8) is 0 Å². The minimum atomic E-state index is -0.509. The topological polar surface area (TPSA) is 63.6 Å². The van der Waals surface area contributed by atoms with Gasteiger partial charge in [-0.2, -0.15) is 0 Å². The number of aliphatic hydroxyl groups is 1. The maximum Gasteiger partial charge on any atom is 0.330 e. The first kappa shape index (κ1) is 45.6. The van der Waals surface area contributed by atoms with Crippen LogP contribution in [0, 0.1) is 0 Å². The lowest BCUT2D eigenvalue weighted by atomic mass is 10.1. The van der Waals surface area contributed by atoms with Gasteiger partial charge >= 0.3 is 5.97 Å². The van der Waals surface area contributed by atoms with Crippen LogP contribution in [-0.2, 0) is 14.3 Å². The second-order valence-corrected chi connectivity index (χ2v) is 18.2. The number of carbonyl (C=O) groups excluding carboxylic acids is 2. The van der Waals surface area contributed by atoms with E-state index in [1.54, 1.807) is 47.0 Å². The highest BCUT2D eigenvalue weighted by Crippen LogP contribution is 2.34. The zero-order chi connectivity index (χ0) is 42.8. The van der Waals surface area contributed by atoms with E-state index in [0.717, 1.165) is 6.08 Å². The molecule has 0 saturated carbocycles. The number of ether oxygens (including phenoxy) is 1. The van der Waals surface area contributed by atoms with Crippen LogP contribution in [-0.4, -0.2) is 51.5 Å². The fourth-order valence-corrected chi connectivity index (χ4v) is 10.8. The Morgan fingerprint density at radius 1 is 0.475 bits per heavy atom. The minimum absolute atomic E-state index is 0.219. The summed E-state index contributed by atoms with van der Waals surface area (Å²) in [5.74, 6) is 2.39. The number of esters is 1. The third-order valence-electron chi connectivity index (χ3n) is 9.32. The van der Waals surface area contributed by atoms with Crippen molar-refractivity contribution in [2.24, 2.45) is 0 Å². The normalized spacial score (nSPS) is 10.9. The van der Waals surface area contributed by atoms with Crippen molar-refractivity contribution in [1.82, 2.24) is 0 Å². The number of rotatable bonds is 15. The van der Waals surface area contributed by atoms with Gasteiger partial charge in [-0.05, 0) is 85.0 Å².